The summed E-state index contributed by atoms with van der Waals surface area (Å²) in [4.78, 5) is 17.5. The molecule has 4 rings (SSSR count). The number of nitrogens with zero attached hydrogens (tertiary/aromatic N) is 3. The number of Topliss-reactive ketones (excluding diaryl/α,β-unsaturated/α-hetero) is 1. The van der Waals surface area contributed by atoms with Crippen molar-refractivity contribution in [3.63, 3.8) is 0 Å². The van der Waals surface area contributed by atoms with Gasteiger partial charge in [0.1, 0.15) is 0 Å². The second-order valence-corrected chi connectivity index (χ2v) is 8.63. The van der Waals surface area contributed by atoms with Crippen molar-refractivity contribution in [1.82, 2.24) is 19.7 Å². The molecule has 0 amide bonds. The fraction of sp³-hybridized carbons (Fsp3) is 0.240. The Hall–Kier alpha value is -3.12. The quantitative estimate of drug-likeness (QED) is 0.301. The van der Waals surface area contributed by atoms with Gasteiger partial charge in [-0.3, -0.25) is 9.89 Å². The average Bonchev–Trinajstić information content (AvgIpc) is 3.37. The molecule has 0 saturated carbocycles. The smallest absolute Gasteiger partial charge is 0.209 e. The predicted octanol–water partition coefficient (Wildman–Crippen LogP) is 5.73. The van der Waals surface area contributed by atoms with Crippen molar-refractivity contribution >= 4 is 17.5 Å². The number of aromatic amines is 1. The number of aryl methyl sites for hydroxylation is 3. The maximum absolute atomic E-state index is 12.9. The van der Waals surface area contributed by atoms with Crippen LogP contribution in [0, 0.1) is 20.8 Å². The molecule has 0 radical (unpaired) electrons. The van der Waals surface area contributed by atoms with Crippen molar-refractivity contribution in [2.45, 2.75) is 39.3 Å². The molecule has 2 aromatic carbocycles. The minimum atomic E-state index is 0.0788. The predicted molar refractivity (Wildman–Crippen MR) is 126 cm³/mol. The van der Waals surface area contributed by atoms with Gasteiger partial charge in [-0.25, -0.2) is 4.98 Å². The monoisotopic (exact) mass is 430 g/mol. The summed E-state index contributed by atoms with van der Waals surface area (Å²) in [7, 11) is 0. The maximum atomic E-state index is 12.9. The fourth-order valence-corrected chi connectivity index (χ4v) is 4.36. The van der Waals surface area contributed by atoms with Crippen LogP contribution < -0.4 is 0 Å². The van der Waals surface area contributed by atoms with Gasteiger partial charge in [-0.05, 0) is 51.0 Å². The van der Waals surface area contributed by atoms with Crippen LogP contribution in [0.1, 0.15) is 39.8 Å². The highest BCUT2D eigenvalue weighted by molar-refractivity contribution is 7.99. The van der Waals surface area contributed by atoms with Crippen molar-refractivity contribution in [3.05, 3.63) is 82.7 Å². The number of ketones is 1. The van der Waals surface area contributed by atoms with Gasteiger partial charge in [-0.2, -0.15) is 0 Å². The van der Waals surface area contributed by atoms with E-state index >= 15 is 0 Å². The second kappa shape index (κ2) is 8.94. The number of hydrogen-bond acceptors (Lipinski definition) is 4. The van der Waals surface area contributed by atoms with Crippen LogP contribution in [-0.2, 0) is 6.42 Å². The van der Waals surface area contributed by atoms with Gasteiger partial charge in [-0.15, -0.1) is 5.10 Å². The Labute approximate surface area is 186 Å². The molecule has 0 atom stereocenters. The number of rotatable bonds is 7. The molecule has 0 fully saturated rings. The lowest BCUT2D eigenvalue weighted by Crippen LogP contribution is -2.05. The van der Waals surface area contributed by atoms with Crippen LogP contribution in [0.15, 0.2) is 59.8 Å². The van der Waals surface area contributed by atoms with Gasteiger partial charge in [0.15, 0.2) is 11.6 Å². The number of H-pyrrole nitrogens is 1. The highest BCUT2D eigenvalue weighted by Crippen LogP contribution is 2.25. The molecular weight excluding hydrogens is 404 g/mol. The highest BCUT2D eigenvalue weighted by atomic mass is 32.2. The molecular formula is C25H26N4OS. The lowest BCUT2D eigenvalue weighted by molar-refractivity contribution is 0.102. The molecule has 31 heavy (non-hydrogen) atoms. The average molecular weight is 431 g/mol. The number of carbonyl (C=O) groups excluding carboxylic acids is 1. The lowest BCUT2D eigenvalue weighted by atomic mass is 10.1. The largest absolute Gasteiger partial charge is 0.318 e. The van der Waals surface area contributed by atoms with Crippen molar-refractivity contribution in [1.29, 1.82) is 0 Å². The zero-order valence-corrected chi connectivity index (χ0v) is 19.1. The van der Waals surface area contributed by atoms with E-state index in [9.17, 15) is 4.79 Å². The molecule has 6 heteroatoms. The molecule has 4 aromatic rings. The lowest BCUT2D eigenvalue weighted by Gasteiger charge is -2.10. The third-order valence-corrected chi connectivity index (χ3v) is 6.30. The normalized spacial score (nSPS) is 11.1. The molecule has 0 saturated heterocycles. The first-order valence-corrected chi connectivity index (χ1v) is 11.4. The van der Waals surface area contributed by atoms with E-state index in [4.69, 9.17) is 0 Å². The van der Waals surface area contributed by atoms with Crippen LogP contribution >= 0.6 is 11.8 Å². The molecule has 0 unspecified atom stereocenters. The summed E-state index contributed by atoms with van der Waals surface area (Å²) in [5.41, 5.74) is 7.31. The van der Waals surface area contributed by atoms with Gasteiger partial charge in [0.2, 0.25) is 5.16 Å². The van der Waals surface area contributed by atoms with Crippen molar-refractivity contribution in [2.24, 2.45) is 0 Å². The fourth-order valence-electron chi connectivity index (χ4n) is 3.68. The number of carbonyl (C=O) groups is 1. The second-order valence-electron chi connectivity index (χ2n) is 7.68. The number of aromatic nitrogens is 4. The first-order valence-electron chi connectivity index (χ1n) is 10.4. The zero-order valence-electron chi connectivity index (χ0n) is 18.3. The van der Waals surface area contributed by atoms with Crippen molar-refractivity contribution in [2.75, 3.05) is 5.75 Å². The molecule has 158 valence electrons. The molecule has 2 heterocycles. The topological polar surface area (TPSA) is 63.6 Å². The van der Waals surface area contributed by atoms with Crippen LogP contribution in [0.2, 0.25) is 0 Å². The summed E-state index contributed by atoms with van der Waals surface area (Å²) >= 11 is 1.36. The van der Waals surface area contributed by atoms with E-state index < -0.39 is 0 Å². The highest BCUT2D eigenvalue weighted by Gasteiger charge is 2.18. The maximum Gasteiger partial charge on any atom is 0.209 e. The summed E-state index contributed by atoms with van der Waals surface area (Å²) in [6.45, 7) is 8.23. The van der Waals surface area contributed by atoms with Gasteiger partial charge in [0, 0.05) is 28.2 Å². The molecule has 0 aliphatic carbocycles. The van der Waals surface area contributed by atoms with E-state index in [2.05, 4.69) is 70.0 Å². The van der Waals surface area contributed by atoms with Crippen LogP contribution in [-0.4, -0.2) is 31.3 Å². The third-order valence-electron chi connectivity index (χ3n) is 5.46. The summed E-state index contributed by atoms with van der Waals surface area (Å²) in [6.07, 6.45) is 1.00. The van der Waals surface area contributed by atoms with Crippen LogP contribution in [0.3, 0.4) is 0 Å². The van der Waals surface area contributed by atoms with Gasteiger partial charge in [0.25, 0.3) is 0 Å². The SMILES string of the molecule is CCc1ccc(-c2nc(SCC(=O)c3cc(C)n(-c4ccc(C)cc4)c3C)n[nH]2)cc1. The first kappa shape index (κ1) is 21.1. The molecule has 0 spiro atoms. The number of hydrogen-bond donors (Lipinski definition) is 1. The molecule has 0 aliphatic rings. The Kier molecular flexibility index (Phi) is 6.09. The molecule has 0 bridgehead atoms. The molecule has 5 nitrogen and oxygen atoms in total. The summed E-state index contributed by atoms with van der Waals surface area (Å²) in [6, 6.07) is 18.6. The van der Waals surface area contributed by atoms with E-state index in [1.807, 2.05) is 32.0 Å². The Morgan fingerprint density at radius 1 is 1.03 bits per heavy atom. The summed E-state index contributed by atoms with van der Waals surface area (Å²) in [5.74, 6) is 1.09. The van der Waals surface area contributed by atoms with E-state index in [0.717, 1.165) is 40.4 Å². The van der Waals surface area contributed by atoms with Crippen molar-refractivity contribution < 1.29 is 4.79 Å². The van der Waals surface area contributed by atoms with Gasteiger partial charge in [-0.1, -0.05) is 60.6 Å². The van der Waals surface area contributed by atoms with E-state index in [0.29, 0.717) is 10.9 Å². The zero-order chi connectivity index (χ0) is 22.0. The Bertz CT molecular complexity index is 1200. The van der Waals surface area contributed by atoms with Crippen LogP contribution in [0.25, 0.3) is 17.1 Å². The van der Waals surface area contributed by atoms with E-state index in [-0.39, 0.29) is 5.78 Å². The summed E-state index contributed by atoms with van der Waals surface area (Å²) in [5, 5.41) is 7.83. The van der Waals surface area contributed by atoms with E-state index in [1.54, 1.807) is 0 Å². The van der Waals surface area contributed by atoms with E-state index in [1.165, 1.54) is 22.9 Å². The van der Waals surface area contributed by atoms with Crippen LogP contribution in [0.4, 0.5) is 0 Å². The third kappa shape index (κ3) is 4.49. The van der Waals surface area contributed by atoms with Gasteiger partial charge < -0.3 is 4.57 Å². The first-order chi connectivity index (χ1) is 15.0. The summed E-state index contributed by atoms with van der Waals surface area (Å²) < 4.78 is 2.13. The molecule has 0 aliphatic heterocycles. The molecule has 2 aromatic heterocycles. The van der Waals surface area contributed by atoms with Gasteiger partial charge in [0.05, 0.1) is 5.75 Å². The Morgan fingerprint density at radius 2 is 1.74 bits per heavy atom. The number of nitrogens with one attached hydrogen (secondary N) is 1. The van der Waals surface area contributed by atoms with Crippen molar-refractivity contribution in [3.8, 4) is 17.1 Å². The number of thioether (sulfide) groups is 1. The standard InChI is InChI=1S/C25H26N4OS/c1-5-19-8-10-20(11-9-19)24-26-25(28-27-24)31-15-23(30)22-14-17(3)29(18(22)4)21-12-6-16(2)7-13-21/h6-14H,5,15H2,1-4H3,(H,26,27,28). The van der Waals surface area contributed by atoms with Crippen LogP contribution in [0.5, 0.6) is 0 Å². The van der Waals surface area contributed by atoms with Gasteiger partial charge >= 0.3 is 0 Å². The Balaban J connectivity index is 1.46. The number of benzene rings is 2. The minimum absolute atomic E-state index is 0.0788. The minimum Gasteiger partial charge on any atom is -0.318 e. The Morgan fingerprint density at radius 3 is 2.42 bits per heavy atom. The molecule has 1 N–H and O–H groups in total.